The molecule has 0 amide bonds. The van der Waals surface area contributed by atoms with E-state index in [0.29, 0.717) is 5.92 Å². The number of methoxy groups -OCH3 is 1. The van der Waals surface area contributed by atoms with Crippen LogP contribution in [-0.4, -0.2) is 53.2 Å². The Balaban J connectivity index is 1.84. The fourth-order valence-electron chi connectivity index (χ4n) is 3.05. The Kier molecular flexibility index (Phi) is 5.12. The highest BCUT2D eigenvalue weighted by Gasteiger charge is 2.26. The van der Waals surface area contributed by atoms with E-state index in [4.69, 9.17) is 4.74 Å². The van der Waals surface area contributed by atoms with Crippen LogP contribution in [0.2, 0.25) is 0 Å². The molecule has 0 aromatic carbocycles. The summed E-state index contributed by atoms with van der Waals surface area (Å²) in [7, 11) is 1.76. The molecule has 118 valence electrons. The number of hydrogen-bond acceptors (Lipinski definition) is 6. The van der Waals surface area contributed by atoms with Gasteiger partial charge in [-0.2, -0.15) is 0 Å². The first-order valence-electron chi connectivity index (χ1n) is 7.72. The minimum Gasteiger partial charge on any atom is -0.383 e. The van der Waals surface area contributed by atoms with Crippen LogP contribution >= 0.6 is 11.3 Å². The number of ether oxygens (including phenoxy) is 1. The highest BCUT2D eigenvalue weighted by Crippen LogP contribution is 2.34. The molecule has 3 rings (SSSR count). The van der Waals surface area contributed by atoms with E-state index < -0.39 is 0 Å². The van der Waals surface area contributed by atoms with Crippen LogP contribution in [0.15, 0.2) is 17.9 Å². The molecule has 0 saturated carbocycles. The molecule has 22 heavy (non-hydrogen) atoms. The third-order valence-corrected chi connectivity index (χ3v) is 5.13. The van der Waals surface area contributed by atoms with Crippen LogP contribution in [0.25, 0.3) is 10.6 Å². The molecule has 2 aromatic heterocycles. The first-order valence-corrected chi connectivity index (χ1v) is 8.60. The fourth-order valence-corrected chi connectivity index (χ4v) is 3.86. The molecule has 1 saturated heterocycles. The average molecular weight is 318 g/mol. The van der Waals surface area contributed by atoms with Crippen molar-refractivity contribution in [2.24, 2.45) is 0 Å². The molecule has 0 spiro atoms. The van der Waals surface area contributed by atoms with E-state index in [-0.39, 0.29) is 0 Å². The normalized spacial score (nSPS) is 19.5. The van der Waals surface area contributed by atoms with E-state index in [2.05, 4.69) is 19.9 Å². The van der Waals surface area contributed by atoms with Gasteiger partial charge in [0.05, 0.1) is 28.4 Å². The molecule has 0 aliphatic carbocycles. The van der Waals surface area contributed by atoms with Gasteiger partial charge in [0.1, 0.15) is 5.69 Å². The van der Waals surface area contributed by atoms with Gasteiger partial charge in [-0.3, -0.25) is 9.97 Å². The van der Waals surface area contributed by atoms with Gasteiger partial charge >= 0.3 is 0 Å². The number of piperidine rings is 1. The van der Waals surface area contributed by atoms with Crippen LogP contribution in [0.5, 0.6) is 0 Å². The number of likely N-dealkylation sites (tertiary alicyclic amines) is 1. The monoisotopic (exact) mass is 318 g/mol. The molecular weight excluding hydrogens is 296 g/mol. The lowest BCUT2D eigenvalue weighted by Gasteiger charge is -2.32. The number of aryl methyl sites for hydroxylation is 1. The zero-order chi connectivity index (χ0) is 15.4. The minimum absolute atomic E-state index is 0.441. The first kappa shape index (κ1) is 15.5. The van der Waals surface area contributed by atoms with Crippen LogP contribution < -0.4 is 0 Å². The molecule has 6 heteroatoms. The standard InChI is InChI=1S/C16H22N4OS/c1-12-16(22-11-19-12)15-14(17-5-6-18-15)13-4-3-7-20(10-13)8-9-21-2/h5-6,11,13H,3-4,7-10H2,1-2H3/t13-/m1/s1. The van der Waals surface area contributed by atoms with E-state index >= 15 is 0 Å². The van der Waals surface area contributed by atoms with Gasteiger partial charge in [-0.1, -0.05) is 0 Å². The van der Waals surface area contributed by atoms with Gasteiger partial charge in [-0.25, -0.2) is 4.98 Å². The van der Waals surface area contributed by atoms with Gasteiger partial charge in [-0.05, 0) is 26.3 Å². The highest BCUT2D eigenvalue weighted by atomic mass is 32.1. The number of rotatable bonds is 5. The number of nitrogens with zero attached hydrogens (tertiary/aromatic N) is 4. The van der Waals surface area contributed by atoms with Gasteiger partial charge in [0.25, 0.3) is 0 Å². The van der Waals surface area contributed by atoms with Crippen molar-refractivity contribution in [2.45, 2.75) is 25.7 Å². The Hall–Kier alpha value is -1.37. The Morgan fingerprint density at radius 3 is 2.95 bits per heavy atom. The van der Waals surface area contributed by atoms with Crippen molar-refractivity contribution in [3.8, 4) is 10.6 Å². The quantitative estimate of drug-likeness (QED) is 0.848. The molecule has 5 nitrogen and oxygen atoms in total. The second-order valence-electron chi connectivity index (χ2n) is 5.69. The third-order valence-electron chi connectivity index (χ3n) is 4.19. The molecule has 0 unspecified atom stereocenters. The lowest BCUT2D eigenvalue weighted by atomic mass is 9.92. The summed E-state index contributed by atoms with van der Waals surface area (Å²) in [5, 5.41) is 0. The third kappa shape index (κ3) is 3.34. The summed E-state index contributed by atoms with van der Waals surface area (Å²) in [4.78, 5) is 17.3. The molecule has 3 heterocycles. The fraction of sp³-hybridized carbons (Fsp3) is 0.562. The molecule has 1 aliphatic rings. The summed E-state index contributed by atoms with van der Waals surface area (Å²) in [5.41, 5.74) is 5.06. The number of aromatic nitrogens is 3. The molecule has 1 fully saturated rings. The van der Waals surface area contributed by atoms with Crippen molar-refractivity contribution in [1.29, 1.82) is 0 Å². The number of hydrogen-bond donors (Lipinski definition) is 0. The van der Waals surface area contributed by atoms with Gasteiger partial charge in [0.15, 0.2) is 0 Å². The van der Waals surface area contributed by atoms with Gasteiger partial charge in [-0.15, -0.1) is 11.3 Å². The van der Waals surface area contributed by atoms with Crippen molar-refractivity contribution in [3.63, 3.8) is 0 Å². The molecule has 2 aromatic rings. The summed E-state index contributed by atoms with van der Waals surface area (Å²) in [6.07, 6.45) is 5.96. The van der Waals surface area contributed by atoms with Gasteiger partial charge in [0.2, 0.25) is 0 Å². The van der Waals surface area contributed by atoms with Crippen LogP contribution in [0.3, 0.4) is 0 Å². The Bertz CT molecular complexity index is 616. The molecule has 0 radical (unpaired) electrons. The maximum atomic E-state index is 5.21. The Morgan fingerprint density at radius 2 is 2.18 bits per heavy atom. The second-order valence-corrected chi connectivity index (χ2v) is 6.54. The summed E-state index contributed by atoms with van der Waals surface area (Å²) >= 11 is 1.65. The largest absolute Gasteiger partial charge is 0.383 e. The van der Waals surface area contributed by atoms with E-state index in [1.807, 2.05) is 18.6 Å². The lowest BCUT2D eigenvalue weighted by Crippen LogP contribution is -2.37. The van der Waals surface area contributed by atoms with Crippen molar-refractivity contribution in [2.75, 3.05) is 33.4 Å². The molecule has 0 bridgehead atoms. The first-order chi connectivity index (χ1) is 10.8. The maximum absolute atomic E-state index is 5.21. The summed E-state index contributed by atoms with van der Waals surface area (Å²) in [5.74, 6) is 0.441. The topological polar surface area (TPSA) is 51.1 Å². The summed E-state index contributed by atoms with van der Waals surface area (Å²) in [6, 6.07) is 0. The van der Waals surface area contributed by atoms with E-state index in [1.54, 1.807) is 24.6 Å². The van der Waals surface area contributed by atoms with E-state index in [1.165, 1.54) is 12.8 Å². The lowest BCUT2D eigenvalue weighted by molar-refractivity contribution is 0.127. The molecular formula is C16H22N4OS. The van der Waals surface area contributed by atoms with Gasteiger partial charge < -0.3 is 9.64 Å². The van der Waals surface area contributed by atoms with Crippen LogP contribution in [-0.2, 0) is 4.74 Å². The highest BCUT2D eigenvalue weighted by molar-refractivity contribution is 7.13. The van der Waals surface area contributed by atoms with Crippen molar-refractivity contribution < 1.29 is 4.74 Å². The maximum Gasteiger partial charge on any atom is 0.104 e. The zero-order valence-corrected chi connectivity index (χ0v) is 14.0. The SMILES string of the molecule is COCCN1CCC[C@@H](c2nccnc2-c2scnc2C)C1. The van der Waals surface area contributed by atoms with Crippen LogP contribution in [0, 0.1) is 6.92 Å². The summed E-state index contributed by atoms with van der Waals surface area (Å²) < 4.78 is 5.21. The van der Waals surface area contributed by atoms with Crippen LogP contribution in [0.1, 0.15) is 30.1 Å². The van der Waals surface area contributed by atoms with Gasteiger partial charge in [0, 0.05) is 38.5 Å². The Morgan fingerprint density at radius 1 is 1.32 bits per heavy atom. The predicted molar refractivity (Wildman–Crippen MR) is 88.2 cm³/mol. The Labute approximate surface area is 135 Å². The average Bonchev–Trinajstić information content (AvgIpc) is 2.99. The predicted octanol–water partition coefficient (Wildman–Crippen LogP) is 2.73. The molecule has 0 N–H and O–H groups in total. The summed E-state index contributed by atoms with van der Waals surface area (Å²) in [6.45, 7) is 5.99. The van der Waals surface area contributed by atoms with Crippen LogP contribution in [0.4, 0.5) is 0 Å². The van der Waals surface area contributed by atoms with Crippen molar-refractivity contribution in [3.05, 3.63) is 29.3 Å². The molecule has 1 aliphatic heterocycles. The minimum atomic E-state index is 0.441. The molecule has 1 atom stereocenters. The zero-order valence-electron chi connectivity index (χ0n) is 13.2. The van der Waals surface area contributed by atoms with E-state index in [0.717, 1.165) is 48.2 Å². The van der Waals surface area contributed by atoms with E-state index in [9.17, 15) is 0 Å². The van der Waals surface area contributed by atoms with Crippen molar-refractivity contribution in [1.82, 2.24) is 19.9 Å². The number of thiazole rings is 1. The smallest absolute Gasteiger partial charge is 0.104 e. The second kappa shape index (κ2) is 7.26. The van der Waals surface area contributed by atoms with Crippen molar-refractivity contribution >= 4 is 11.3 Å².